The molecule has 0 N–H and O–H groups in total. The Morgan fingerprint density at radius 1 is 0.829 bits per heavy atom. The van der Waals surface area contributed by atoms with Crippen molar-refractivity contribution in [1.82, 2.24) is 0 Å². The van der Waals surface area contributed by atoms with Crippen molar-refractivity contribution in [1.29, 1.82) is 0 Å². The Morgan fingerprint density at radius 3 is 2.29 bits per heavy atom. The van der Waals surface area contributed by atoms with E-state index in [1.807, 2.05) is 6.07 Å². The highest BCUT2D eigenvalue weighted by atomic mass is 19.4. The first-order valence-electron chi connectivity index (χ1n) is 14.8. The molecule has 41 heavy (non-hydrogen) atoms. The van der Waals surface area contributed by atoms with E-state index in [2.05, 4.69) is 80.6 Å². The van der Waals surface area contributed by atoms with Crippen molar-refractivity contribution < 1.29 is 22.4 Å². The Hall–Kier alpha value is -3.15. The summed E-state index contributed by atoms with van der Waals surface area (Å²) in [6.07, 6.45) is -2.07. The largest absolute Gasteiger partial charge is 0.416 e. The molecule has 5 heteroatoms. The molecule has 2 aliphatic heterocycles. The smallest absolute Gasteiger partial charge is 0.359 e. The molecule has 2 saturated heterocycles. The SMILES string of the molecule is C[C@@H]1C[N@@+]2(Cc3ccc(C(F)(F)F)cc3)C[C@](OCc3ccccc3)(c3cccc4ccccc34)[C@H]3CC[C@@H]1[C@]32C. The molecule has 0 radical (unpaired) electrons. The normalized spacial score (nSPS) is 32.5. The van der Waals surface area contributed by atoms with Crippen LogP contribution in [0.2, 0.25) is 0 Å². The Labute approximate surface area is 240 Å². The summed E-state index contributed by atoms with van der Waals surface area (Å²) in [6, 6.07) is 31.5. The van der Waals surface area contributed by atoms with Crippen molar-refractivity contribution in [3.63, 3.8) is 0 Å². The fourth-order valence-electron chi connectivity index (χ4n) is 9.42. The number of quaternary nitrogens is 1. The lowest BCUT2D eigenvalue weighted by Crippen LogP contribution is -2.57. The van der Waals surface area contributed by atoms with Crippen LogP contribution in [0.3, 0.4) is 0 Å². The summed E-state index contributed by atoms with van der Waals surface area (Å²) >= 11 is 0. The number of halogens is 3. The van der Waals surface area contributed by atoms with E-state index >= 15 is 0 Å². The lowest BCUT2D eigenvalue weighted by Gasteiger charge is -2.43. The highest BCUT2D eigenvalue weighted by Gasteiger charge is 2.78. The van der Waals surface area contributed by atoms with Crippen molar-refractivity contribution >= 4 is 10.8 Å². The molecule has 212 valence electrons. The van der Waals surface area contributed by atoms with Crippen molar-refractivity contribution in [3.05, 3.63) is 119 Å². The van der Waals surface area contributed by atoms with Gasteiger partial charge in [0.25, 0.3) is 0 Å². The predicted octanol–water partition coefficient (Wildman–Crippen LogP) is 8.74. The van der Waals surface area contributed by atoms with Gasteiger partial charge in [-0.2, -0.15) is 13.2 Å². The molecule has 0 unspecified atom stereocenters. The van der Waals surface area contributed by atoms with Gasteiger partial charge in [-0.25, -0.2) is 0 Å². The van der Waals surface area contributed by atoms with E-state index in [0.29, 0.717) is 30.9 Å². The van der Waals surface area contributed by atoms with Crippen LogP contribution in [0.25, 0.3) is 10.8 Å². The van der Waals surface area contributed by atoms with Gasteiger partial charge in [-0.05, 0) is 53.8 Å². The van der Waals surface area contributed by atoms with Crippen LogP contribution in [0.4, 0.5) is 13.2 Å². The first-order valence-corrected chi connectivity index (χ1v) is 14.8. The van der Waals surface area contributed by atoms with Crippen molar-refractivity contribution in [2.24, 2.45) is 17.8 Å². The molecule has 6 atom stereocenters. The fourth-order valence-corrected chi connectivity index (χ4v) is 9.42. The van der Waals surface area contributed by atoms with Crippen LogP contribution in [-0.2, 0) is 29.7 Å². The fraction of sp³-hybridized carbons (Fsp3) is 0.389. The van der Waals surface area contributed by atoms with Crippen molar-refractivity contribution in [2.75, 3.05) is 13.1 Å². The predicted molar refractivity (Wildman–Crippen MR) is 156 cm³/mol. The average Bonchev–Trinajstić information content (AvgIpc) is 3.51. The Bertz CT molecular complexity index is 1560. The molecule has 1 aliphatic carbocycles. The van der Waals surface area contributed by atoms with E-state index in [4.69, 9.17) is 4.74 Å². The molecule has 4 aromatic rings. The Morgan fingerprint density at radius 2 is 1.54 bits per heavy atom. The molecule has 4 aromatic carbocycles. The first kappa shape index (κ1) is 26.7. The van der Waals surface area contributed by atoms with Crippen LogP contribution in [0.15, 0.2) is 97.1 Å². The second kappa shape index (κ2) is 9.43. The van der Waals surface area contributed by atoms with Gasteiger partial charge in [0, 0.05) is 17.4 Å². The molecule has 3 aliphatic rings. The third-order valence-corrected chi connectivity index (χ3v) is 11.0. The molecule has 7 rings (SSSR count). The van der Waals surface area contributed by atoms with Gasteiger partial charge in [0.2, 0.25) is 0 Å². The van der Waals surface area contributed by atoms with E-state index in [-0.39, 0.29) is 5.54 Å². The van der Waals surface area contributed by atoms with Gasteiger partial charge < -0.3 is 9.22 Å². The summed E-state index contributed by atoms with van der Waals surface area (Å²) in [6.45, 7) is 7.93. The molecule has 0 amide bonds. The quantitative estimate of drug-likeness (QED) is 0.216. The van der Waals surface area contributed by atoms with Crippen LogP contribution in [0.5, 0.6) is 0 Å². The van der Waals surface area contributed by atoms with Gasteiger partial charge in [-0.3, -0.25) is 0 Å². The molecule has 1 saturated carbocycles. The van der Waals surface area contributed by atoms with Crippen molar-refractivity contribution in [3.8, 4) is 0 Å². The van der Waals surface area contributed by atoms with Crippen LogP contribution >= 0.6 is 0 Å². The summed E-state index contributed by atoms with van der Waals surface area (Å²) in [5.41, 5.74) is 2.25. The third kappa shape index (κ3) is 3.99. The van der Waals surface area contributed by atoms with E-state index < -0.39 is 17.3 Å². The number of rotatable bonds is 6. The summed E-state index contributed by atoms with van der Waals surface area (Å²) in [4.78, 5) is 0. The van der Waals surface area contributed by atoms with Crippen LogP contribution in [0.1, 0.15) is 48.9 Å². The van der Waals surface area contributed by atoms with E-state index in [1.54, 1.807) is 12.1 Å². The minimum absolute atomic E-state index is 0.0320. The highest BCUT2D eigenvalue weighted by molar-refractivity contribution is 5.86. The Balaban J connectivity index is 1.37. The van der Waals surface area contributed by atoms with Crippen LogP contribution in [0, 0.1) is 17.8 Å². The third-order valence-electron chi connectivity index (χ3n) is 11.0. The van der Waals surface area contributed by atoms with Gasteiger partial charge in [-0.1, -0.05) is 91.9 Å². The van der Waals surface area contributed by atoms with Crippen molar-refractivity contribution in [2.45, 2.75) is 57.2 Å². The minimum Gasteiger partial charge on any atom is -0.359 e. The molecule has 3 fully saturated rings. The molecular weight excluding hydrogens is 519 g/mol. The van der Waals surface area contributed by atoms with Crippen LogP contribution in [-0.4, -0.2) is 23.1 Å². The first-order chi connectivity index (χ1) is 19.7. The van der Waals surface area contributed by atoms with E-state index in [1.165, 1.54) is 28.5 Å². The summed E-state index contributed by atoms with van der Waals surface area (Å²) in [7, 11) is 0. The minimum atomic E-state index is -4.33. The maximum Gasteiger partial charge on any atom is 0.416 e. The molecule has 2 heterocycles. The molecule has 0 aromatic heterocycles. The topological polar surface area (TPSA) is 9.23 Å². The van der Waals surface area contributed by atoms with Gasteiger partial charge in [0.1, 0.15) is 18.6 Å². The zero-order valence-corrected chi connectivity index (χ0v) is 23.7. The highest BCUT2D eigenvalue weighted by Crippen LogP contribution is 2.68. The van der Waals surface area contributed by atoms with Gasteiger partial charge in [-0.15, -0.1) is 0 Å². The zero-order valence-electron chi connectivity index (χ0n) is 23.7. The lowest BCUT2D eigenvalue weighted by molar-refractivity contribution is -0.968. The van der Waals surface area contributed by atoms with Crippen LogP contribution < -0.4 is 0 Å². The van der Waals surface area contributed by atoms with Gasteiger partial charge in [0.15, 0.2) is 5.60 Å². The molecule has 2 nitrogen and oxygen atoms in total. The Kier molecular flexibility index (Phi) is 6.15. The number of hydrogen-bond donors (Lipinski definition) is 0. The summed E-state index contributed by atoms with van der Waals surface area (Å²) in [5, 5.41) is 2.44. The van der Waals surface area contributed by atoms with Gasteiger partial charge >= 0.3 is 6.18 Å². The number of nitrogens with zero attached hydrogens (tertiary/aromatic N) is 1. The number of fused-ring (bicyclic) bond motifs is 1. The molecular formula is C36H37F3NO+. The second-order valence-electron chi connectivity index (χ2n) is 13.0. The number of alkyl halides is 3. The summed E-state index contributed by atoms with van der Waals surface area (Å²) in [5.74, 6) is 1.41. The monoisotopic (exact) mass is 556 g/mol. The van der Waals surface area contributed by atoms with E-state index in [9.17, 15) is 13.2 Å². The zero-order chi connectivity index (χ0) is 28.5. The average molecular weight is 557 g/mol. The standard InChI is InChI=1S/C36H37F3NO/c1-25-21-40(22-26-15-17-29(18-16-26)36(37,38)39)24-35(33-20-19-31(25)34(33,40)2,41-23-27-9-4-3-5-10-27)32-14-8-12-28-11-6-7-13-30(28)32/h3-18,25,31,33H,19-24H2,1-2H3/q+1/t25-,31+,33+,34-,35+,40-/m1/s1. The number of ether oxygens (including phenoxy) is 1. The summed E-state index contributed by atoms with van der Waals surface area (Å²) < 4.78 is 48.3. The maximum atomic E-state index is 13.4. The van der Waals surface area contributed by atoms with Gasteiger partial charge in [0.05, 0.1) is 24.6 Å². The van der Waals surface area contributed by atoms with E-state index in [0.717, 1.165) is 41.5 Å². The maximum absolute atomic E-state index is 13.4. The number of hydrogen-bond acceptors (Lipinski definition) is 1. The number of benzene rings is 4. The lowest BCUT2D eigenvalue weighted by atomic mass is 9.72. The second-order valence-corrected chi connectivity index (χ2v) is 13.0. The molecule has 0 spiro atoms. The molecule has 0 bridgehead atoms.